The van der Waals surface area contributed by atoms with Crippen molar-refractivity contribution in [2.45, 2.75) is 13.3 Å². The average molecular weight is 370 g/mol. The largest absolute Gasteiger partial charge is 0.494 e. The number of fused-ring (bicyclic) bond motifs is 2. The lowest BCUT2D eigenvalue weighted by molar-refractivity contribution is -0.117. The molecule has 1 aliphatic heterocycles. The van der Waals surface area contributed by atoms with Crippen molar-refractivity contribution in [3.63, 3.8) is 0 Å². The van der Waals surface area contributed by atoms with Crippen LogP contribution in [-0.4, -0.2) is 23.9 Å². The summed E-state index contributed by atoms with van der Waals surface area (Å²) in [5.74, 6) is 2.06. The second-order valence-electron chi connectivity index (χ2n) is 5.88. The molecule has 0 fully saturated rings. The van der Waals surface area contributed by atoms with Gasteiger partial charge in [0.2, 0.25) is 6.79 Å². The highest BCUT2D eigenvalue weighted by atomic mass is 32.1. The molecular weight excluding hydrogens is 352 g/mol. The Kier molecular flexibility index (Phi) is 4.38. The molecule has 3 aromatic rings. The molecule has 7 heteroatoms. The van der Waals surface area contributed by atoms with E-state index in [0.717, 1.165) is 33.0 Å². The Bertz CT molecular complexity index is 1030. The van der Waals surface area contributed by atoms with E-state index in [-0.39, 0.29) is 19.1 Å². The molecule has 2 heterocycles. The van der Waals surface area contributed by atoms with Gasteiger partial charge in [-0.25, -0.2) is 0 Å². The normalized spacial score (nSPS) is 13.4. The monoisotopic (exact) mass is 370 g/mol. The Hall–Kier alpha value is -2.80. The summed E-state index contributed by atoms with van der Waals surface area (Å²) < 4.78 is 19.1. The van der Waals surface area contributed by atoms with Crippen molar-refractivity contribution in [2.75, 3.05) is 13.4 Å². The summed E-state index contributed by atoms with van der Waals surface area (Å²) >= 11 is 1.46. The molecule has 0 radical (unpaired) electrons. The summed E-state index contributed by atoms with van der Waals surface area (Å²) in [5.41, 5.74) is 1.87. The Morgan fingerprint density at radius 3 is 2.69 bits per heavy atom. The van der Waals surface area contributed by atoms with Crippen molar-refractivity contribution in [1.82, 2.24) is 4.57 Å². The van der Waals surface area contributed by atoms with Gasteiger partial charge in [0, 0.05) is 19.2 Å². The number of hydrogen-bond donors (Lipinski definition) is 0. The number of ether oxygens (including phenoxy) is 3. The number of benzene rings is 2. The predicted octanol–water partition coefficient (Wildman–Crippen LogP) is 3.04. The van der Waals surface area contributed by atoms with Gasteiger partial charge >= 0.3 is 0 Å². The van der Waals surface area contributed by atoms with Gasteiger partial charge in [-0.2, -0.15) is 4.99 Å². The maximum absolute atomic E-state index is 12.4. The molecule has 26 heavy (non-hydrogen) atoms. The van der Waals surface area contributed by atoms with Crippen molar-refractivity contribution in [1.29, 1.82) is 0 Å². The highest BCUT2D eigenvalue weighted by Gasteiger charge is 2.16. The molecule has 134 valence electrons. The quantitative estimate of drug-likeness (QED) is 0.708. The minimum absolute atomic E-state index is 0.184. The summed E-state index contributed by atoms with van der Waals surface area (Å²) in [5, 5.41) is 0. The Morgan fingerprint density at radius 1 is 1.23 bits per heavy atom. The fourth-order valence-electron chi connectivity index (χ4n) is 2.82. The number of aryl methyl sites for hydroxylation is 1. The average Bonchev–Trinajstić information content (AvgIpc) is 3.20. The molecule has 6 nitrogen and oxygen atoms in total. The number of amides is 1. The molecule has 0 saturated heterocycles. The third-order valence-electron chi connectivity index (χ3n) is 4.11. The number of aromatic nitrogens is 1. The van der Waals surface area contributed by atoms with Gasteiger partial charge in [0.1, 0.15) is 5.75 Å². The van der Waals surface area contributed by atoms with E-state index in [1.165, 1.54) is 11.3 Å². The summed E-state index contributed by atoms with van der Waals surface area (Å²) in [6.07, 6.45) is 0.253. The summed E-state index contributed by atoms with van der Waals surface area (Å²) in [7, 11) is 1.89. The predicted molar refractivity (Wildman–Crippen MR) is 98.8 cm³/mol. The smallest absolute Gasteiger partial charge is 0.252 e. The van der Waals surface area contributed by atoms with Gasteiger partial charge in [0.15, 0.2) is 16.3 Å². The highest BCUT2D eigenvalue weighted by Crippen LogP contribution is 2.36. The van der Waals surface area contributed by atoms with E-state index in [4.69, 9.17) is 14.2 Å². The van der Waals surface area contributed by atoms with E-state index in [1.807, 2.05) is 54.9 Å². The molecule has 0 spiro atoms. The van der Waals surface area contributed by atoms with E-state index in [2.05, 4.69) is 4.99 Å². The number of carbonyl (C=O) groups excluding carboxylic acids is 1. The summed E-state index contributed by atoms with van der Waals surface area (Å²) in [6.45, 7) is 2.80. The molecule has 0 saturated carbocycles. The van der Waals surface area contributed by atoms with Gasteiger partial charge in [-0.15, -0.1) is 0 Å². The standard InChI is InChI=1S/C19H18N2O4S/c1-3-23-13-6-4-12(5-7-13)8-18(22)20-19-21(2)14-9-15-16(25-11-24-15)10-17(14)26-19/h4-7,9-10H,3,8,11H2,1-2H3. The summed E-state index contributed by atoms with van der Waals surface area (Å²) in [6, 6.07) is 11.4. The van der Waals surface area contributed by atoms with Crippen LogP contribution in [0.4, 0.5) is 0 Å². The third kappa shape index (κ3) is 3.17. The molecule has 2 aromatic carbocycles. The molecule has 1 aliphatic rings. The fraction of sp³-hybridized carbons (Fsp3) is 0.263. The van der Waals surface area contributed by atoms with Gasteiger partial charge in [-0.1, -0.05) is 23.5 Å². The molecule has 0 aliphatic carbocycles. The maximum atomic E-state index is 12.4. The number of thiazole rings is 1. The van der Waals surface area contributed by atoms with Crippen molar-refractivity contribution in [3.8, 4) is 17.2 Å². The molecule has 4 rings (SSSR count). The van der Waals surface area contributed by atoms with Crippen molar-refractivity contribution in [3.05, 3.63) is 46.8 Å². The second-order valence-corrected chi connectivity index (χ2v) is 6.89. The Balaban J connectivity index is 1.59. The zero-order valence-corrected chi connectivity index (χ0v) is 15.3. The van der Waals surface area contributed by atoms with E-state index in [0.29, 0.717) is 11.4 Å². The Morgan fingerprint density at radius 2 is 1.96 bits per heavy atom. The minimum atomic E-state index is -0.184. The minimum Gasteiger partial charge on any atom is -0.494 e. The van der Waals surface area contributed by atoms with Crippen LogP contribution in [0.15, 0.2) is 41.4 Å². The van der Waals surface area contributed by atoms with Crippen molar-refractivity contribution in [2.24, 2.45) is 12.0 Å². The first-order valence-electron chi connectivity index (χ1n) is 8.32. The zero-order valence-electron chi connectivity index (χ0n) is 14.5. The van der Waals surface area contributed by atoms with Crippen LogP contribution >= 0.6 is 11.3 Å². The highest BCUT2D eigenvalue weighted by molar-refractivity contribution is 7.16. The summed E-state index contributed by atoms with van der Waals surface area (Å²) in [4.78, 5) is 17.3. The molecule has 0 unspecified atom stereocenters. The lowest BCUT2D eigenvalue weighted by Gasteiger charge is -2.03. The fourth-order valence-corrected chi connectivity index (χ4v) is 3.86. The van der Waals surface area contributed by atoms with Crippen LogP contribution in [0.2, 0.25) is 0 Å². The van der Waals surface area contributed by atoms with Gasteiger partial charge in [-0.05, 0) is 24.6 Å². The van der Waals surface area contributed by atoms with Crippen molar-refractivity contribution < 1.29 is 19.0 Å². The molecule has 0 atom stereocenters. The third-order valence-corrected chi connectivity index (χ3v) is 5.21. The molecule has 0 N–H and O–H groups in total. The first-order chi connectivity index (χ1) is 12.6. The lowest BCUT2D eigenvalue weighted by atomic mass is 10.1. The van der Waals surface area contributed by atoms with E-state index in [9.17, 15) is 4.79 Å². The topological polar surface area (TPSA) is 62.0 Å². The van der Waals surface area contributed by atoms with Gasteiger partial charge in [0.25, 0.3) is 5.91 Å². The SMILES string of the molecule is CCOc1ccc(CC(=O)N=c2sc3cc4c(cc3n2C)OCO4)cc1. The first-order valence-corrected chi connectivity index (χ1v) is 9.14. The van der Waals surface area contributed by atoms with Gasteiger partial charge in [0.05, 0.1) is 23.2 Å². The Labute approximate surface area is 154 Å². The van der Waals surface area contributed by atoms with Crippen LogP contribution in [0.1, 0.15) is 12.5 Å². The number of rotatable bonds is 4. The molecule has 1 aromatic heterocycles. The van der Waals surface area contributed by atoms with Crippen LogP contribution < -0.4 is 19.0 Å². The van der Waals surface area contributed by atoms with E-state index < -0.39 is 0 Å². The maximum Gasteiger partial charge on any atom is 0.252 e. The lowest BCUT2D eigenvalue weighted by Crippen LogP contribution is -2.14. The number of carbonyl (C=O) groups is 1. The van der Waals surface area contributed by atoms with E-state index >= 15 is 0 Å². The van der Waals surface area contributed by atoms with Crippen LogP contribution in [0.25, 0.3) is 10.2 Å². The van der Waals surface area contributed by atoms with Crippen LogP contribution in [-0.2, 0) is 18.3 Å². The number of hydrogen-bond acceptors (Lipinski definition) is 5. The van der Waals surface area contributed by atoms with Crippen molar-refractivity contribution >= 4 is 27.5 Å². The van der Waals surface area contributed by atoms with Gasteiger partial charge in [-0.3, -0.25) is 4.79 Å². The van der Waals surface area contributed by atoms with E-state index in [1.54, 1.807) is 0 Å². The molecule has 1 amide bonds. The molecule has 0 bridgehead atoms. The van der Waals surface area contributed by atoms with Gasteiger partial charge < -0.3 is 18.8 Å². The van der Waals surface area contributed by atoms with Crippen LogP contribution in [0.3, 0.4) is 0 Å². The first kappa shape index (κ1) is 16.7. The van der Waals surface area contributed by atoms with Crippen LogP contribution in [0, 0.1) is 0 Å². The molecular formula is C19H18N2O4S. The zero-order chi connectivity index (χ0) is 18.1. The van der Waals surface area contributed by atoms with Crippen LogP contribution in [0.5, 0.6) is 17.2 Å². The number of nitrogens with zero attached hydrogens (tertiary/aromatic N) is 2. The second kappa shape index (κ2) is 6.84.